The summed E-state index contributed by atoms with van der Waals surface area (Å²) in [4.78, 5) is 19.8. The standard InChI is InChI=1S/C22H21N3O/c1-14-4-3-5-15(2)18(14)7-6-17-12-16(8-10-23-17)21-13-19-20(25-21)9-11-24-22(19)26/h3-8,10,12-13,25H,9,11H2,1-2H3,(H,24,26). The first-order chi connectivity index (χ1) is 12.6. The van der Waals surface area contributed by atoms with Gasteiger partial charge in [0, 0.05) is 36.1 Å². The first-order valence-corrected chi connectivity index (χ1v) is 8.82. The molecule has 3 aromatic rings. The molecule has 4 heteroatoms. The van der Waals surface area contributed by atoms with Crippen molar-refractivity contribution in [1.82, 2.24) is 15.3 Å². The van der Waals surface area contributed by atoms with Gasteiger partial charge >= 0.3 is 0 Å². The highest BCUT2D eigenvalue weighted by atomic mass is 16.1. The Morgan fingerprint density at radius 3 is 2.65 bits per heavy atom. The summed E-state index contributed by atoms with van der Waals surface area (Å²) in [6.45, 7) is 4.92. The number of pyridine rings is 1. The van der Waals surface area contributed by atoms with Gasteiger partial charge < -0.3 is 10.3 Å². The van der Waals surface area contributed by atoms with Gasteiger partial charge in [-0.25, -0.2) is 0 Å². The predicted octanol–water partition coefficient (Wildman–Crippen LogP) is 4.15. The number of amides is 1. The van der Waals surface area contributed by atoms with Gasteiger partial charge in [-0.1, -0.05) is 24.3 Å². The number of fused-ring (bicyclic) bond motifs is 1. The lowest BCUT2D eigenvalue weighted by Gasteiger charge is -2.10. The quantitative estimate of drug-likeness (QED) is 0.750. The van der Waals surface area contributed by atoms with Gasteiger partial charge in [-0.2, -0.15) is 0 Å². The summed E-state index contributed by atoms with van der Waals surface area (Å²) in [6, 6.07) is 12.2. The molecule has 0 bridgehead atoms. The largest absolute Gasteiger partial charge is 0.358 e. The van der Waals surface area contributed by atoms with Crippen molar-refractivity contribution in [2.75, 3.05) is 6.54 Å². The van der Waals surface area contributed by atoms with Gasteiger partial charge in [0.2, 0.25) is 0 Å². The third-order valence-corrected chi connectivity index (χ3v) is 4.86. The van der Waals surface area contributed by atoms with Crippen molar-refractivity contribution in [3.05, 3.63) is 76.2 Å². The minimum Gasteiger partial charge on any atom is -0.358 e. The number of hydrogen-bond acceptors (Lipinski definition) is 2. The minimum atomic E-state index is -0.00189. The minimum absolute atomic E-state index is 0.00189. The van der Waals surface area contributed by atoms with Crippen LogP contribution in [0, 0.1) is 13.8 Å². The topological polar surface area (TPSA) is 57.8 Å². The summed E-state index contributed by atoms with van der Waals surface area (Å²) >= 11 is 0. The molecular formula is C22H21N3O. The summed E-state index contributed by atoms with van der Waals surface area (Å²) < 4.78 is 0. The number of aryl methyl sites for hydroxylation is 2. The Morgan fingerprint density at radius 2 is 1.88 bits per heavy atom. The van der Waals surface area contributed by atoms with E-state index in [-0.39, 0.29) is 5.91 Å². The number of nitrogens with one attached hydrogen (secondary N) is 2. The molecule has 0 saturated carbocycles. The zero-order valence-corrected chi connectivity index (χ0v) is 15.0. The molecule has 0 radical (unpaired) electrons. The maximum absolute atomic E-state index is 12.0. The molecule has 0 aliphatic carbocycles. The molecule has 0 atom stereocenters. The highest BCUT2D eigenvalue weighted by molar-refractivity contribution is 5.97. The van der Waals surface area contributed by atoms with E-state index in [9.17, 15) is 4.79 Å². The first-order valence-electron chi connectivity index (χ1n) is 8.82. The molecule has 2 N–H and O–H groups in total. The molecule has 1 amide bonds. The molecule has 1 aliphatic rings. The summed E-state index contributed by atoms with van der Waals surface area (Å²) in [5.74, 6) is -0.00189. The Labute approximate surface area is 153 Å². The third-order valence-electron chi connectivity index (χ3n) is 4.86. The molecule has 3 heterocycles. The second kappa shape index (κ2) is 6.64. The molecule has 0 fully saturated rings. The number of H-pyrrole nitrogens is 1. The molecule has 1 aromatic carbocycles. The molecule has 0 unspecified atom stereocenters. The molecule has 1 aliphatic heterocycles. The van der Waals surface area contributed by atoms with E-state index >= 15 is 0 Å². The number of aromatic amines is 1. The van der Waals surface area contributed by atoms with Crippen LogP contribution in [-0.4, -0.2) is 22.4 Å². The van der Waals surface area contributed by atoms with E-state index in [0.717, 1.165) is 34.6 Å². The number of benzene rings is 1. The van der Waals surface area contributed by atoms with E-state index in [1.54, 1.807) is 6.20 Å². The van der Waals surface area contributed by atoms with Crippen molar-refractivity contribution in [1.29, 1.82) is 0 Å². The lowest BCUT2D eigenvalue weighted by atomic mass is 10.0. The number of nitrogens with zero attached hydrogens (tertiary/aromatic N) is 1. The predicted molar refractivity (Wildman–Crippen MR) is 105 cm³/mol. The number of aromatic nitrogens is 2. The summed E-state index contributed by atoms with van der Waals surface area (Å²) in [5.41, 5.74) is 8.36. The molecule has 130 valence electrons. The zero-order valence-electron chi connectivity index (χ0n) is 15.0. The lowest BCUT2D eigenvalue weighted by Crippen LogP contribution is -2.31. The van der Waals surface area contributed by atoms with Gasteiger partial charge in [-0.05, 0) is 54.8 Å². The number of carbonyl (C=O) groups excluding carboxylic acids is 1. The number of rotatable bonds is 3. The number of hydrogen-bond donors (Lipinski definition) is 2. The van der Waals surface area contributed by atoms with Crippen LogP contribution in [0.3, 0.4) is 0 Å². The Kier molecular flexibility index (Phi) is 4.17. The SMILES string of the molecule is Cc1cccc(C)c1C=Cc1cc(-c2cc3c([nH]2)CCNC3=O)ccn1. The maximum Gasteiger partial charge on any atom is 0.253 e. The Bertz CT molecular complexity index is 994. The van der Waals surface area contributed by atoms with Crippen molar-refractivity contribution < 1.29 is 4.79 Å². The smallest absolute Gasteiger partial charge is 0.253 e. The fourth-order valence-electron chi connectivity index (χ4n) is 3.41. The fraction of sp³-hybridized carbons (Fsp3) is 0.182. The van der Waals surface area contributed by atoms with Crippen LogP contribution in [0.25, 0.3) is 23.4 Å². The van der Waals surface area contributed by atoms with Crippen LogP contribution < -0.4 is 5.32 Å². The normalized spacial score (nSPS) is 13.7. The lowest BCUT2D eigenvalue weighted by molar-refractivity contribution is 0.0946. The summed E-state index contributed by atoms with van der Waals surface area (Å²) in [6.07, 6.45) is 6.80. The molecule has 0 spiro atoms. The van der Waals surface area contributed by atoms with E-state index in [1.165, 1.54) is 16.7 Å². The highest BCUT2D eigenvalue weighted by Crippen LogP contribution is 2.25. The van der Waals surface area contributed by atoms with Crippen LogP contribution in [-0.2, 0) is 6.42 Å². The van der Waals surface area contributed by atoms with Gasteiger partial charge in [-0.15, -0.1) is 0 Å². The summed E-state index contributed by atoms with van der Waals surface area (Å²) in [7, 11) is 0. The molecule has 26 heavy (non-hydrogen) atoms. The second-order valence-electron chi connectivity index (χ2n) is 6.69. The maximum atomic E-state index is 12.0. The van der Waals surface area contributed by atoms with E-state index in [1.807, 2.05) is 24.3 Å². The van der Waals surface area contributed by atoms with Gasteiger partial charge in [0.1, 0.15) is 0 Å². The van der Waals surface area contributed by atoms with Crippen LogP contribution in [0.5, 0.6) is 0 Å². The van der Waals surface area contributed by atoms with Gasteiger partial charge in [0.15, 0.2) is 0 Å². The average molecular weight is 343 g/mol. The van der Waals surface area contributed by atoms with E-state index in [0.29, 0.717) is 6.54 Å². The molecule has 2 aromatic heterocycles. The molecule has 4 rings (SSSR count). The summed E-state index contributed by atoms with van der Waals surface area (Å²) in [5, 5.41) is 2.88. The fourth-order valence-corrected chi connectivity index (χ4v) is 3.41. The average Bonchev–Trinajstić information content (AvgIpc) is 3.07. The Hall–Kier alpha value is -3.14. The van der Waals surface area contributed by atoms with Gasteiger partial charge in [0.25, 0.3) is 5.91 Å². The Morgan fingerprint density at radius 1 is 1.08 bits per heavy atom. The van der Waals surface area contributed by atoms with Crippen molar-refractivity contribution in [2.24, 2.45) is 0 Å². The first kappa shape index (κ1) is 16.3. The van der Waals surface area contributed by atoms with E-state index < -0.39 is 0 Å². The van der Waals surface area contributed by atoms with Crippen LogP contribution in [0.1, 0.15) is 38.4 Å². The van der Waals surface area contributed by atoms with Crippen molar-refractivity contribution in [2.45, 2.75) is 20.3 Å². The van der Waals surface area contributed by atoms with Crippen LogP contribution in [0.2, 0.25) is 0 Å². The van der Waals surface area contributed by atoms with Crippen LogP contribution in [0.15, 0.2) is 42.6 Å². The van der Waals surface area contributed by atoms with Gasteiger partial charge in [-0.3, -0.25) is 9.78 Å². The van der Waals surface area contributed by atoms with Gasteiger partial charge in [0.05, 0.1) is 11.3 Å². The molecule has 0 saturated heterocycles. The van der Waals surface area contributed by atoms with Crippen molar-refractivity contribution in [3.8, 4) is 11.3 Å². The van der Waals surface area contributed by atoms with Crippen molar-refractivity contribution >= 4 is 18.1 Å². The highest BCUT2D eigenvalue weighted by Gasteiger charge is 2.19. The molecule has 4 nitrogen and oxygen atoms in total. The molecular weight excluding hydrogens is 322 g/mol. The van der Waals surface area contributed by atoms with E-state index in [4.69, 9.17) is 0 Å². The van der Waals surface area contributed by atoms with E-state index in [2.05, 4.69) is 53.4 Å². The second-order valence-corrected chi connectivity index (χ2v) is 6.69. The van der Waals surface area contributed by atoms with Crippen LogP contribution in [0.4, 0.5) is 0 Å². The monoisotopic (exact) mass is 343 g/mol. The Balaban J connectivity index is 1.65. The zero-order chi connectivity index (χ0) is 18.1. The number of carbonyl (C=O) groups is 1. The third kappa shape index (κ3) is 3.06. The van der Waals surface area contributed by atoms with Crippen molar-refractivity contribution in [3.63, 3.8) is 0 Å². The van der Waals surface area contributed by atoms with Crippen LogP contribution >= 0.6 is 0 Å².